The number of fused-ring (bicyclic) bond motifs is 2. The zero-order valence-electron chi connectivity index (χ0n) is 9.42. The fourth-order valence-corrected chi connectivity index (χ4v) is 3.56. The third kappa shape index (κ3) is 1.26. The van der Waals surface area contributed by atoms with Crippen LogP contribution in [0.2, 0.25) is 0 Å². The van der Waals surface area contributed by atoms with Crippen LogP contribution >= 0.6 is 0 Å². The van der Waals surface area contributed by atoms with Gasteiger partial charge in [-0.3, -0.25) is 0 Å². The second-order valence-corrected chi connectivity index (χ2v) is 5.17. The monoisotopic (exact) mass is 201 g/mol. The summed E-state index contributed by atoms with van der Waals surface area (Å²) in [5.74, 6) is 0.787. The summed E-state index contributed by atoms with van der Waals surface area (Å²) in [5.41, 5.74) is 3.76. The van der Waals surface area contributed by atoms with Crippen LogP contribution in [0.25, 0.3) is 0 Å². The molecule has 1 spiro atoms. The molecule has 2 atom stereocenters. The minimum absolute atomic E-state index is 0.502. The average Bonchev–Trinajstić information content (AvgIpc) is 2.64. The molecule has 0 saturated carbocycles. The van der Waals surface area contributed by atoms with E-state index in [9.17, 15) is 0 Å². The van der Waals surface area contributed by atoms with Crippen molar-refractivity contribution < 1.29 is 0 Å². The van der Waals surface area contributed by atoms with Gasteiger partial charge in [-0.2, -0.15) is 0 Å². The maximum atomic E-state index is 3.52. The Bertz CT molecular complexity index is 367. The van der Waals surface area contributed by atoms with Gasteiger partial charge >= 0.3 is 0 Å². The van der Waals surface area contributed by atoms with Gasteiger partial charge in [-0.15, -0.1) is 0 Å². The van der Waals surface area contributed by atoms with Gasteiger partial charge in [-0.05, 0) is 49.4 Å². The van der Waals surface area contributed by atoms with Gasteiger partial charge in [0.05, 0.1) is 0 Å². The SMILES string of the molecule is CC1CNCCC12CCc1ccccc12. The van der Waals surface area contributed by atoms with Crippen molar-refractivity contribution in [2.45, 2.75) is 31.6 Å². The van der Waals surface area contributed by atoms with Crippen molar-refractivity contribution in [1.82, 2.24) is 5.32 Å². The number of aryl methyl sites for hydroxylation is 1. The van der Waals surface area contributed by atoms with E-state index >= 15 is 0 Å². The lowest BCUT2D eigenvalue weighted by atomic mass is 9.68. The van der Waals surface area contributed by atoms with Gasteiger partial charge in [0.15, 0.2) is 0 Å². The minimum atomic E-state index is 0.502. The average molecular weight is 201 g/mol. The third-order valence-corrected chi connectivity index (χ3v) is 4.54. The van der Waals surface area contributed by atoms with Crippen molar-refractivity contribution in [3.63, 3.8) is 0 Å². The number of piperidine rings is 1. The fraction of sp³-hybridized carbons (Fsp3) is 0.571. The maximum Gasteiger partial charge on any atom is 0.000861 e. The highest BCUT2D eigenvalue weighted by Crippen LogP contribution is 2.47. The van der Waals surface area contributed by atoms with Crippen LogP contribution < -0.4 is 5.32 Å². The molecule has 1 aromatic rings. The molecular formula is C14H19N. The Kier molecular flexibility index (Phi) is 2.10. The molecule has 80 valence electrons. The molecule has 15 heavy (non-hydrogen) atoms. The normalized spacial score (nSPS) is 34.3. The lowest BCUT2D eigenvalue weighted by Crippen LogP contribution is -2.45. The highest BCUT2D eigenvalue weighted by atomic mass is 14.9. The van der Waals surface area contributed by atoms with Gasteiger partial charge < -0.3 is 5.32 Å². The van der Waals surface area contributed by atoms with Crippen LogP contribution in [0.4, 0.5) is 0 Å². The minimum Gasteiger partial charge on any atom is -0.316 e. The van der Waals surface area contributed by atoms with Crippen molar-refractivity contribution >= 4 is 0 Å². The summed E-state index contributed by atoms with van der Waals surface area (Å²) in [6, 6.07) is 9.08. The molecule has 1 aromatic carbocycles. The summed E-state index contributed by atoms with van der Waals surface area (Å²) < 4.78 is 0. The number of hydrogen-bond acceptors (Lipinski definition) is 1. The molecule has 2 aliphatic rings. The van der Waals surface area contributed by atoms with E-state index in [0.717, 1.165) is 5.92 Å². The first-order valence-electron chi connectivity index (χ1n) is 6.12. The molecule has 0 bridgehead atoms. The largest absolute Gasteiger partial charge is 0.316 e. The zero-order chi connectivity index (χ0) is 10.3. The van der Waals surface area contributed by atoms with E-state index < -0.39 is 0 Å². The van der Waals surface area contributed by atoms with Crippen molar-refractivity contribution in [1.29, 1.82) is 0 Å². The highest BCUT2D eigenvalue weighted by molar-refractivity contribution is 5.40. The Morgan fingerprint density at radius 1 is 1.27 bits per heavy atom. The standard InChI is InChI=1S/C14H19N/c1-11-10-15-9-8-14(11)7-6-12-4-2-3-5-13(12)14/h2-5,11,15H,6-10H2,1H3. The van der Waals surface area contributed by atoms with Gasteiger partial charge in [0, 0.05) is 5.41 Å². The third-order valence-electron chi connectivity index (χ3n) is 4.54. The van der Waals surface area contributed by atoms with E-state index in [4.69, 9.17) is 0 Å². The molecule has 0 amide bonds. The first kappa shape index (κ1) is 9.41. The second-order valence-electron chi connectivity index (χ2n) is 5.17. The summed E-state index contributed by atoms with van der Waals surface area (Å²) in [7, 11) is 0. The lowest BCUT2D eigenvalue weighted by molar-refractivity contribution is 0.215. The van der Waals surface area contributed by atoms with Gasteiger partial charge in [0.25, 0.3) is 0 Å². The van der Waals surface area contributed by atoms with Crippen LogP contribution in [-0.4, -0.2) is 13.1 Å². The quantitative estimate of drug-likeness (QED) is 0.680. The predicted molar refractivity (Wildman–Crippen MR) is 63.1 cm³/mol. The molecule has 1 aliphatic heterocycles. The summed E-state index contributed by atoms with van der Waals surface area (Å²) in [5, 5.41) is 3.52. The molecule has 1 heteroatoms. The van der Waals surface area contributed by atoms with Crippen LogP contribution in [0.5, 0.6) is 0 Å². The van der Waals surface area contributed by atoms with Crippen LogP contribution in [0.1, 0.15) is 30.9 Å². The van der Waals surface area contributed by atoms with E-state index in [2.05, 4.69) is 36.5 Å². The Morgan fingerprint density at radius 3 is 3.00 bits per heavy atom. The summed E-state index contributed by atoms with van der Waals surface area (Å²) >= 11 is 0. The van der Waals surface area contributed by atoms with E-state index in [1.54, 1.807) is 11.1 Å². The molecule has 1 N–H and O–H groups in total. The number of rotatable bonds is 0. The summed E-state index contributed by atoms with van der Waals surface area (Å²) in [6.07, 6.45) is 3.99. The molecule has 1 aliphatic carbocycles. The Labute approximate surface area is 91.9 Å². The van der Waals surface area contributed by atoms with Gasteiger partial charge in [0.2, 0.25) is 0 Å². The Hall–Kier alpha value is -0.820. The Balaban J connectivity index is 2.07. The van der Waals surface area contributed by atoms with Gasteiger partial charge in [0.1, 0.15) is 0 Å². The topological polar surface area (TPSA) is 12.0 Å². The van der Waals surface area contributed by atoms with Crippen molar-refractivity contribution in [2.75, 3.05) is 13.1 Å². The van der Waals surface area contributed by atoms with Gasteiger partial charge in [-0.25, -0.2) is 0 Å². The van der Waals surface area contributed by atoms with Crippen LogP contribution in [0.15, 0.2) is 24.3 Å². The van der Waals surface area contributed by atoms with Gasteiger partial charge in [-0.1, -0.05) is 31.2 Å². The molecule has 1 fully saturated rings. The van der Waals surface area contributed by atoms with Crippen LogP contribution in [-0.2, 0) is 11.8 Å². The van der Waals surface area contributed by atoms with E-state index in [1.165, 1.54) is 32.4 Å². The maximum absolute atomic E-state index is 3.52. The predicted octanol–water partition coefficient (Wildman–Crippen LogP) is 2.50. The number of hydrogen-bond donors (Lipinski definition) is 1. The van der Waals surface area contributed by atoms with Crippen LogP contribution in [0, 0.1) is 5.92 Å². The summed E-state index contributed by atoms with van der Waals surface area (Å²) in [6.45, 7) is 4.79. The van der Waals surface area contributed by atoms with Crippen LogP contribution in [0.3, 0.4) is 0 Å². The smallest absolute Gasteiger partial charge is 0.000861 e. The van der Waals surface area contributed by atoms with Crippen molar-refractivity contribution in [3.05, 3.63) is 35.4 Å². The highest BCUT2D eigenvalue weighted by Gasteiger charge is 2.43. The first-order valence-corrected chi connectivity index (χ1v) is 6.12. The first-order chi connectivity index (χ1) is 7.33. The van der Waals surface area contributed by atoms with E-state index in [-0.39, 0.29) is 0 Å². The summed E-state index contributed by atoms with van der Waals surface area (Å²) in [4.78, 5) is 0. The molecule has 1 heterocycles. The molecule has 1 nitrogen and oxygen atoms in total. The van der Waals surface area contributed by atoms with Crippen molar-refractivity contribution in [2.24, 2.45) is 5.92 Å². The molecule has 0 aromatic heterocycles. The Morgan fingerprint density at radius 2 is 2.13 bits per heavy atom. The lowest BCUT2D eigenvalue weighted by Gasteiger charge is -2.41. The van der Waals surface area contributed by atoms with E-state index in [1.807, 2.05) is 0 Å². The van der Waals surface area contributed by atoms with Crippen molar-refractivity contribution in [3.8, 4) is 0 Å². The second kappa shape index (κ2) is 3.34. The molecule has 1 saturated heterocycles. The number of benzene rings is 1. The molecule has 2 unspecified atom stereocenters. The fourth-order valence-electron chi connectivity index (χ4n) is 3.56. The zero-order valence-corrected chi connectivity index (χ0v) is 9.42. The molecule has 0 radical (unpaired) electrons. The molecular weight excluding hydrogens is 182 g/mol. The number of nitrogens with one attached hydrogen (secondary N) is 1. The van der Waals surface area contributed by atoms with E-state index in [0.29, 0.717) is 5.41 Å². The molecule has 3 rings (SSSR count).